The number of nitrogens with two attached hydrogens (primary N) is 1. The van der Waals surface area contributed by atoms with Crippen molar-refractivity contribution in [2.45, 2.75) is 264 Å². The molecule has 0 fully saturated rings. The average molecular weight is 893 g/mol. The van der Waals surface area contributed by atoms with E-state index < -0.39 is 20.0 Å². The van der Waals surface area contributed by atoms with E-state index in [9.17, 15) is 19.4 Å². The van der Waals surface area contributed by atoms with E-state index in [1.807, 2.05) is 6.08 Å². The summed E-state index contributed by atoms with van der Waals surface area (Å²) < 4.78 is 22.2. The third-order valence-corrected chi connectivity index (χ3v) is 12.6. The van der Waals surface area contributed by atoms with Gasteiger partial charge in [-0.3, -0.25) is 13.8 Å². The predicted octanol–water partition coefficient (Wildman–Crippen LogP) is 15.6. The van der Waals surface area contributed by atoms with E-state index in [1.165, 1.54) is 173 Å². The molecule has 8 nitrogen and oxygen atoms in total. The summed E-state index contributed by atoms with van der Waals surface area (Å²) in [6, 6.07) is -0.866. The lowest BCUT2D eigenvalue weighted by molar-refractivity contribution is -0.123. The molecule has 0 saturated carbocycles. The summed E-state index contributed by atoms with van der Waals surface area (Å²) in [5, 5.41) is 13.8. The van der Waals surface area contributed by atoms with Crippen molar-refractivity contribution in [1.29, 1.82) is 0 Å². The van der Waals surface area contributed by atoms with Gasteiger partial charge in [-0.25, -0.2) is 4.57 Å². The van der Waals surface area contributed by atoms with E-state index in [-0.39, 0.29) is 25.7 Å². The molecule has 0 spiro atoms. The maximum Gasteiger partial charge on any atom is 0.472 e. The molecule has 0 aliphatic rings. The van der Waals surface area contributed by atoms with Crippen molar-refractivity contribution in [2.24, 2.45) is 5.73 Å². The zero-order valence-electron chi connectivity index (χ0n) is 40.6. The van der Waals surface area contributed by atoms with Gasteiger partial charge in [-0.15, -0.1) is 0 Å². The topological polar surface area (TPSA) is 131 Å². The number of aliphatic hydroxyl groups excluding tert-OH is 1. The Labute approximate surface area is 383 Å². The lowest BCUT2D eigenvalue weighted by atomic mass is 10.0. The molecule has 9 heteroatoms. The smallest absolute Gasteiger partial charge is 0.387 e. The van der Waals surface area contributed by atoms with Gasteiger partial charge in [0, 0.05) is 13.0 Å². The minimum absolute atomic E-state index is 0.0762. The van der Waals surface area contributed by atoms with Crippen LogP contribution < -0.4 is 11.1 Å². The highest BCUT2D eigenvalue weighted by Gasteiger charge is 2.26. The first-order chi connectivity index (χ1) is 30.4. The highest BCUT2D eigenvalue weighted by molar-refractivity contribution is 7.47. The maximum atomic E-state index is 12.8. The number of hydrogen-bond acceptors (Lipinski definition) is 6. The van der Waals surface area contributed by atoms with Crippen molar-refractivity contribution >= 4 is 13.7 Å². The first-order valence-electron chi connectivity index (χ1n) is 26.3. The summed E-state index contributed by atoms with van der Waals surface area (Å²) in [7, 11) is -4.35. The minimum atomic E-state index is -4.35. The van der Waals surface area contributed by atoms with Gasteiger partial charge in [0.2, 0.25) is 5.91 Å². The van der Waals surface area contributed by atoms with Crippen molar-refractivity contribution in [3.63, 3.8) is 0 Å². The Kier molecular flexibility index (Phi) is 47.7. The molecule has 5 N–H and O–H groups in total. The average Bonchev–Trinajstić information content (AvgIpc) is 3.26. The van der Waals surface area contributed by atoms with Crippen molar-refractivity contribution in [2.75, 3.05) is 19.8 Å². The standard InChI is InChI=1S/C53H101N2O6P/c1-3-5-7-9-11-13-15-17-19-21-23-25-26-27-29-31-33-35-37-39-41-43-45-47-53(57)55-51(50-61-62(58,59)60-49-48-54)52(56)46-44-42-40-38-36-34-32-30-28-24-22-20-18-16-14-12-10-8-6-4-2/h15,17,21,23,26-27,44,46,51-52,56H,3-14,16,18-20,22,24-25,28-43,45,47-50,54H2,1-2H3,(H,55,57)(H,58,59)/b17-15-,23-21-,27-26-,46-44+. The lowest BCUT2D eigenvalue weighted by Crippen LogP contribution is -2.45. The fourth-order valence-corrected chi connectivity index (χ4v) is 8.43. The van der Waals surface area contributed by atoms with Gasteiger partial charge in [-0.05, 0) is 57.8 Å². The first-order valence-corrected chi connectivity index (χ1v) is 27.8. The summed E-state index contributed by atoms with van der Waals surface area (Å²) in [6.07, 6.45) is 61.7. The van der Waals surface area contributed by atoms with Crippen LogP contribution in [0.1, 0.15) is 251 Å². The number of allylic oxidation sites excluding steroid dienone is 7. The second-order valence-electron chi connectivity index (χ2n) is 17.7. The number of rotatable bonds is 49. The molecule has 0 aliphatic heterocycles. The van der Waals surface area contributed by atoms with Gasteiger partial charge in [-0.2, -0.15) is 0 Å². The van der Waals surface area contributed by atoms with Gasteiger partial charge in [0.15, 0.2) is 0 Å². The molecular formula is C53H101N2O6P. The third-order valence-electron chi connectivity index (χ3n) is 11.6. The lowest BCUT2D eigenvalue weighted by Gasteiger charge is -2.23. The monoisotopic (exact) mass is 893 g/mol. The molecule has 0 heterocycles. The van der Waals surface area contributed by atoms with Crippen molar-refractivity contribution in [3.05, 3.63) is 48.6 Å². The summed E-state index contributed by atoms with van der Waals surface area (Å²) in [5.74, 6) is -0.200. The zero-order valence-corrected chi connectivity index (χ0v) is 41.5. The van der Waals surface area contributed by atoms with Crippen molar-refractivity contribution < 1.29 is 28.4 Å². The van der Waals surface area contributed by atoms with Gasteiger partial charge in [-0.1, -0.05) is 236 Å². The molecular weight excluding hydrogens is 792 g/mol. The van der Waals surface area contributed by atoms with Crippen LogP contribution in [0.25, 0.3) is 0 Å². The second-order valence-corrected chi connectivity index (χ2v) is 19.2. The quantitative estimate of drug-likeness (QED) is 0.0272. The molecule has 1 amide bonds. The zero-order chi connectivity index (χ0) is 45.3. The first kappa shape index (κ1) is 60.5. The Bertz CT molecular complexity index is 1110. The SMILES string of the molecule is CCCCCCC/C=C\C/C=C\C/C=C\CCCCCCCCCCC(=O)NC(COP(=O)(O)OCCN)C(O)/C=C/CCCCCCCCCCCCCCCCCCCC. The molecule has 3 unspecified atom stereocenters. The molecule has 3 atom stereocenters. The molecule has 0 aromatic rings. The van der Waals surface area contributed by atoms with Gasteiger partial charge in [0.25, 0.3) is 0 Å². The number of unbranched alkanes of at least 4 members (excludes halogenated alkanes) is 31. The molecule has 0 radical (unpaired) electrons. The number of hydrogen-bond donors (Lipinski definition) is 4. The number of nitrogens with one attached hydrogen (secondary N) is 1. The minimum Gasteiger partial charge on any atom is -0.387 e. The van der Waals surface area contributed by atoms with Crippen LogP contribution in [0.15, 0.2) is 48.6 Å². The van der Waals surface area contributed by atoms with E-state index in [1.54, 1.807) is 6.08 Å². The van der Waals surface area contributed by atoms with E-state index in [2.05, 4.69) is 55.6 Å². The van der Waals surface area contributed by atoms with Crippen LogP contribution in [0, 0.1) is 0 Å². The fraction of sp³-hybridized carbons (Fsp3) is 0.830. The number of phosphoric acid groups is 1. The number of amides is 1. The van der Waals surface area contributed by atoms with Crippen LogP contribution in [0.4, 0.5) is 0 Å². The summed E-state index contributed by atoms with van der Waals surface area (Å²) >= 11 is 0. The number of carbonyl (C=O) groups is 1. The Balaban J connectivity index is 4.11. The normalized spacial score (nSPS) is 14.2. The van der Waals surface area contributed by atoms with Crippen LogP contribution in [0.2, 0.25) is 0 Å². The Hall–Kier alpha value is -1.54. The van der Waals surface area contributed by atoms with Crippen LogP contribution in [0.5, 0.6) is 0 Å². The highest BCUT2D eigenvalue weighted by atomic mass is 31.2. The molecule has 364 valence electrons. The molecule has 62 heavy (non-hydrogen) atoms. The van der Waals surface area contributed by atoms with Crippen molar-refractivity contribution in [1.82, 2.24) is 5.32 Å². The molecule has 0 aromatic carbocycles. The number of phosphoric ester groups is 1. The molecule has 0 rings (SSSR count). The predicted molar refractivity (Wildman–Crippen MR) is 267 cm³/mol. The Morgan fingerprint density at radius 3 is 1.29 bits per heavy atom. The summed E-state index contributed by atoms with van der Waals surface area (Å²) in [4.78, 5) is 22.8. The third kappa shape index (κ3) is 46.5. The summed E-state index contributed by atoms with van der Waals surface area (Å²) in [6.45, 7) is 4.14. The van der Waals surface area contributed by atoms with E-state index in [4.69, 9.17) is 14.8 Å². The molecule has 0 bridgehead atoms. The van der Waals surface area contributed by atoms with E-state index in [0.717, 1.165) is 57.8 Å². The number of carbonyl (C=O) groups excluding carboxylic acids is 1. The molecule has 0 aromatic heterocycles. The fourth-order valence-electron chi connectivity index (χ4n) is 7.67. The van der Waals surface area contributed by atoms with Crippen molar-refractivity contribution in [3.8, 4) is 0 Å². The van der Waals surface area contributed by atoms with Gasteiger partial charge in [0.1, 0.15) is 0 Å². The van der Waals surface area contributed by atoms with E-state index in [0.29, 0.717) is 6.42 Å². The van der Waals surface area contributed by atoms with Gasteiger partial charge < -0.3 is 21.1 Å². The summed E-state index contributed by atoms with van der Waals surface area (Å²) in [5.41, 5.74) is 5.40. The maximum absolute atomic E-state index is 12.8. The van der Waals surface area contributed by atoms with E-state index >= 15 is 0 Å². The van der Waals surface area contributed by atoms with Crippen LogP contribution in [-0.2, 0) is 18.4 Å². The molecule has 0 aliphatic carbocycles. The molecule has 0 saturated heterocycles. The highest BCUT2D eigenvalue weighted by Crippen LogP contribution is 2.43. The largest absolute Gasteiger partial charge is 0.472 e. The second kappa shape index (κ2) is 48.9. The van der Waals surface area contributed by atoms with Crippen LogP contribution in [-0.4, -0.2) is 47.8 Å². The van der Waals surface area contributed by atoms with Crippen LogP contribution in [0.3, 0.4) is 0 Å². The van der Waals surface area contributed by atoms with Crippen LogP contribution >= 0.6 is 7.82 Å². The van der Waals surface area contributed by atoms with Gasteiger partial charge >= 0.3 is 7.82 Å². The Morgan fingerprint density at radius 2 is 0.887 bits per heavy atom. The van der Waals surface area contributed by atoms with Gasteiger partial charge in [0.05, 0.1) is 25.4 Å². The number of aliphatic hydroxyl groups is 1. The Morgan fingerprint density at radius 1 is 0.532 bits per heavy atom.